The van der Waals surface area contributed by atoms with Crippen molar-refractivity contribution in [2.45, 2.75) is 39.2 Å². The van der Waals surface area contributed by atoms with Crippen molar-refractivity contribution < 1.29 is 23.5 Å². The van der Waals surface area contributed by atoms with E-state index < -0.39 is 12.0 Å². The highest BCUT2D eigenvalue weighted by Gasteiger charge is 2.31. The van der Waals surface area contributed by atoms with Crippen LogP contribution in [0.5, 0.6) is 0 Å². The van der Waals surface area contributed by atoms with Crippen LogP contribution in [0.1, 0.15) is 43.5 Å². The molecule has 7 heteroatoms. The summed E-state index contributed by atoms with van der Waals surface area (Å²) < 4.78 is 17.8. The Balaban J connectivity index is 1.90. The van der Waals surface area contributed by atoms with Gasteiger partial charge in [-0.3, -0.25) is 9.59 Å². The highest BCUT2D eigenvalue weighted by molar-refractivity contribution is 5.94. The Kier molecular flexibility index (Phi) is 7.33. The van der Waals surface area contributed by atoms with Gasteiger partial charge in [-0.2, -0.15) is 0 Å². The molecule has 2 rings (SSSR count). The maximum atomic E-state index is 13.0. The van der Waals surface area contributed by atoms with E-state index in [1.165, 1.54) is 31.4 Å². The van der Waals surface area contributed by atoms with E-state index in [0.29, 0.717) is 37.9 Å². The molecule has 1 atom stereocenters. The minimum absolute atomic E-state index is 0.166. The lowest BCUT2D eigenvalue weighted by molar-refractivity contribution is -0.146. The monoisotopic (exact) mass is 378 g/mol. The standard InChI is InChI=1S/C20H27FN2O4/c1-13(2)12-17(20(26)27-3)22-18(24)14-8-10-23(11-9-14)19(25)15-4-6-16(21)7-5-15/h4-7,13-14,17H,8-12H2,1-3H3,(H,22,24)/t17-/m1/s1. The maximum Gasteiger partial charge on any atom is 0.328 e. The SMILES string of the molecule is COC(=O)[C@@H](CC(C)C)NC(=O)C1CCN(C(=O)c2ccc(F)cc2)CC1. The number of amides is 2. The first-order valence-corrected chi connectivity index (χ1v) is 9.24. The van der Waals surface area contributed by atoms with Crippen LogP contribution < -0.4 is 5.32 Å². The average molecular weight is 378 g/mol. The van der Waals surface area contributed by atoms with E-state index in [9.17, 15) is 18.8 Å². The summed E-state index contributed by atoms with van der Waals surface area (Å²) in [6.07, 6.45) is 1.56. The van der Waals surface area contributed by atoms with Crippen LogP contribution >= 0.6 is 0 Å². The van der Waals surface area contributed by atoms with Crippen LogP contribution in [0.2, 0.25) is 0 Å². The van der Waals surface area contributed by atoms with Gasteiger partial charge < -0.3 is 15.0 Å². The van der Waals surface area contributed by atoms with Crippen molar-refractivity contribution in [2.24, 2.45) is 11.8 Å². The second-order valence-electron chi connectivity index (χ2n) is 7.29. The second-order valence-corrected chi connectivity index (χ2v) is 7.29. The Morgan fingerprint density at radius 2 is 1.78 bits per heavy atom. The molecular weight excluding hydrogens is 351 g/mol. The largest absolute Gasteiger partial charge is 0.467 e. The predicted molar refractivity (Wildman–Crippen MR) is 98.4 cm³/mol. The van der Waals surface area contributed by atoms with Gasteiger partial charge in [0.25, 0.3) is 5.91 Å². The van der Waals surface area contributed by atoms with Gasteiger partial charge in [-0.25, -0.2) is 9.18 Å². The minimum Gasteiger partial charge on any atom is -0.467 e. The van der Waals surface area contributed by atoms with Crippen molar-refractivity contribution in [2.75, 3.05) is 20.2 Å². The summed E-state index contributed by atoms with van der Waals surface area (Å²) in [6.45, 7) is 4.84. The number of halogens is 1. The number of carbonyl (C=O) groups excluding carboxylic acids is 3. The number of hydrogen-bond acceptors (Lipinski definition) is 4. The number of methoxy groups -OCH3 is 1. The van der Waals surface area contributed by atoms with Gasteiger partial charge in [-0.15, -0.1) is 0 Å². The predicted octanol–water partition coefficient (Wildman–Crippen LogP) is 2.38. The number of likely N-dealkylation sites (tertiary alicyclic amines) is 1. The van der Waals surface area contributed by atoms with Gasteiger partial charge in [0.05, 0.1) is 7.11 Å². The summed E-state index contributed by atoms with van der Waals surface area (Å²) >= 11 is 0. The number of hydrogen-bond donors (Lipinski definition) is 1. The lowest BCUT2D eigenvalue weighted by atomic mass is 9.94. The fourth-order valence-electron chi connectivity index (χ4n) is 3.24. The molecule has 1 aromatic rings. The third-order valence-corrected chi connectivity index (χ3v) is 4.75. The number of benzene rings is 1. The van der Waals surface area contributed by atoms with Gasteiger partial charge in [-0.1, -0.05) is 13.8 Å². The quantitative estimate of drug-likeness (QED) is 0.771. The number of rotatable bonds is 6. The molecule has 0 saturated carbocycles. The molecule has 2 amide bonds. The first-order chi connectivity index (χ1) is 12.8. The van der Waals surface area contributed by atoms with E-state index in [0.717, 1.165) is 0 Å². The first kappa shape index (κ1) is 20.9. The fraction of sp³-hybridized carbons (Fsp3) is 0.550. The Labute approximate surface area is 159 Å². The van der Waals surface area contributed by atoms with Crippen molar-refractivity contribution in [3.05, 3.63) is 35.6 Å². The molecule has 148 valence electrons. The molecule has 0 aliphatic carbocycles. The van der Waals surface area contributed by atoms with Crippen LogP contribution in [0.3, 0.4) is 0 Å². The van der Waals surface area contributed by atoms with Crippen molar-refractivity contribution in [3.63, 3.8) is 0 Å². The second kappa shape index (κ2) is 9.48. The van der Waals surface area contributed by atoms with Gasteiger partial charge in [0.15, 0.2) is 0 Å². The van der Waals surface area contributed by atoms with E-state index in [1.807, 2.05) is 13.8 Å². The minimum atomic E-state index is -0.652. The Hall–Kier alpha value is -2.44. The molecule has 1 aliphatic heterocycles. The highest BCUT2D eigenvalue weighted by Crippen LogP contribution is 2.20. The molecule has 0 bridgehead atoms. The number of piperidine rings is 1. The fourth-order valence-corrected chi connectivity index (χ4v) is 3.24. The smallest absolute Gasteiger partial charge is 0.328 e. The molecule has 1 saturated heterocycles. The Bertz CT molecular complexity index is 667. The lowest BCUT2D eigenvalue weighted by Gasteiger charge is -2.32. The molecule has 6 nitrogen and oxygen atoms in total. The van der Waals surface area contributed by atoms with Crippen molar-refractivity contribution in [1.82, 2.24) is 10.2 Å². The zero-order valence-corrected chi connectivity index (χ0v) is 16.0. The van der Waals surface area contributed by atoms with Crippen LogP contribution in [-0.4, -0.2) is 48.9 Å². The summed E-state index contributed by atoms with van der Waals surface area (Å²) in [5.41, 5.74) is 0.432. The molecule has 1 fully saturated rings. The van der Waals surface area contributed by atoms with Crippen LogP contribution in [0, 0.1) is 17.7 Å². The molecular formula is C20H27FN2O4. The molecule has 0 unspecified atom stereocenters. The van der Waals surface area contributed by atoms with Gasteiger partial charge in [0.2, 0.25) is 5.91 Å². The highest BCUT2D eigenvalue weighted by atomic mass is 19.1. The summed E-state index contributed by atoms with van der Waals surface area (Å²) in [5, 5.41) is 2.79. The van der Waals surface area contributed by atoms with Crippen molar-refractivity contribution in [3.8, 4) is 0 Å². The number of carbonyl (C=O) groups is 3. The van der Waals surface area contributed by atoms with Crippen LogP contribution in [-0.2, 0) is 14.3 Å². The number of nitrogens with zero attached hydrogens (tertiary/aromatic N) is 1. The van der Waals surface area contributed by atoms with E-state index in [-0.39, 0.29) is 29.5 Å². The zero-order chi connectivity index (χ0) is 20.0. The van der Waals surface area contributed by atoms with Crippen LogP contribution in [0.15, 0.2) is 24.3 Å². The average Bonchev–Trinajstić information content (AvgIpc) is 2.66. The number of ether oxygens (including phenoxy) is 1. The first-order valence-electron chi connectivity index (χ1n) is 9.24. The van der Waals surface area contributed by atoms with E-state index in [4.69, 9.17) is 4.74 Å². The molecule has 1 aliphatic rings. The maximum absolute atomic E-state index is 13.0. The van der Waals surface area contributed by atoms with Gasteiger partial charge in [0.1, 0.15) is 11.9 Å². The van der Waals surface area contributed by atoms with E-state index in [1.54, 1.807) is 4.90 Å². The molecule has 1 N–H and O–H groups in total. The molecule has 0 spiro atoms. The third-order valence-electron chi connectivity index (χ3n) is 4.75. The summed E-state index contributed by atoms with van der Waals surface area (Å²) in [5.74, 6) is -1.18. The van der Waals surface area contributed by atoms with Gasteiger partial charge in [-0.05, 0) is 49.4 Å². The normalized spacial score (nSPS) is 16.1. The Morgan fingerprint density at radius 1 is 1.19 bits per heavy atom. The van der Waals surface area contributed by atoms with Crippen molar-refractivity contribution in [1.29, 1.82) is 0 Å². The molecule has 0 radical (unpaired) electrons. The van der Waals surface area contributed by atoms with Gasteiger partial charge >= 0.3 is 5.97 Å². The molecule has 0 aromatic heterocycles. The molecule has 27 heavy (non-hydrogen) atoms. The number of esters is 1. The van der Waals surface area contributed by atoms with Gasteiger partial charge in [0, 0.05) is 24.6 Å². The molecule has 1 heterocycles. The zero-order valence-electron chi connectivity index (χ0n) is 16.0. The molecule has 1 aromatic carbocycles. The summed E-state index contributed by atoms with van der Waals surface area (Å²) in [6, 6.07) is 4.79. The topological polar surface area (TPSA) is 75.7 Å². The number of nitrogens with one attached hydrogen (secondary N) is 1. The third kappa shape index (κ3) is 5.77. The summed E-state index contributed by atoms with van der Waals surface area (Å²) in [7, 11) is 1.31. The summed E-state index contributed by atoms with van der Waals surface area (Å²) in [4.78, 5) is 38.5. The van der Waals surface area contributed by atoms with E-state index >= 15 is 0 Å². The Morgan fingerprint density at radius 3 is 2.30 bits per heavy atom. The van der Waals surface area contributed by atoms with E-state index in [2.05, 4.69) is 5.32 Å². The van der Waals surface area contributed by atoms with Crippen LogP contribution in [0.25, 0.3) is 0 Å². The van der Waals surface area contributed by atoms with Crippen LogP contribution in [0.4, 0.5) is 4.39 Å². The van der Waals surface area contributed by atoms with Crippen molar-refractivity contribution >= 4 is 17.8 Å². The lowest BCUT2D eigenvalue weighted by Crippen LogP contribution is -2.48.